The topological polar surface area (TPSA) is 9.23 Å². The van der Waals surface area contributed by atoms with Crippen molar-refractivity contribution in [1.29, 1.82) is 0 Å². The van der Waals surface area contributed by atoms with Crippen molar-refractivity contribution in [3.05, 3.63) is 0 Å². The van der Waals surface area contributed by atoms with Crippen molar-refractivity contribution in [2.24, 2.45) is 23.7 Å². The standard InChI is InChI=1S/C25H49ClO/c1-5-6-7-8-9-10-11-12-13-14-15-16-17-25(27-26)24-20-22(4)18-19-23(24)21(2)3/h21-25H,5-20H2,1-4H3. The van der Waals surface area contributed by atoms with Gasteiger partial charge in [-0.2, -0.15) is 0 Å². The Morgan fingerprint density at radius 3 is 1.78 bits per heavy atom. The Kier molecular flexibility index (Phi) is 15.1. The van der Waals surface area contributed by atoms with Gasteiger partial charge >= 0.3 is 0 Å². The molecule has 27 heavy (non-hydrogen) atoms. The van der Waals surface area contributed by atoms with Crippen LogP contribution in [0, 0.1) is 23.7 Å². The van der Waals surface area contributed by atoms with Crippen molar-refractivity contribution in [3.8, 4) is 0 Å². The maximum Gasteiger partial charge on any atom is 0.0821 e. The molecule has 1 aliphatic rings. The van der Waals surface area contributed by atoms with Gasteiger partial charge in [-0.05, 0) is 42.9 Å². The number of rotatable bonds is 16. The highest BCUT2D eigenvalue weighted by Gasteiger charge is 2.36. The summed E-state index contributed by atoms with van der Waals surface area (Å²) in [5.74, 6) is 3.04. The molecule has 0 spiro atoms. The number of halogens is 1. The Morgan fingerprint density at radius 1 is 0.778 bits per heavy atom. The van der Waals surface area contributed by atoms with Gasteiger partial charge in [0, 0.05) is 0 Å². The van der Waals surface area contributed by atoms with Gasteiger partial charge in [-0.15, -0.1) is 0 Å². The molecule has 162 valence electrons. The first-order valence-electron chi connectivity index (χ1n) is 12.4. The Hall–Kier alpha value is 0.250. The lowest BCUT2D eigenvalue weighted by atomic mass is 9.67. The summed E-state index contributed by atoms with van der Waals surface area (Å²) in [7, 11) is 0. The predicted octanol–water partition coefficient (Wildman–Crippen LogP) is 9.32. The van der Waals surface area contributed by atoms with E-state index in [0.717, 1.165) is 24.2 Å². The van der Waals surface area contributed by atoms with Gasteiger partial charge in [0.25, 0.3) is 0 Å². The molecule has 0 heterocycles. The van der Waals surface area contributed by atoms with E-state index >= 15 is 0 Å². The van der Waals surface area contributed by atoms with Gasteiger partial charge in [-0.1, -0.05) is 111 Å². The lowest BCUT2D eigenvalue weighted by Gasteiger charge is -2.40. The molecule has 4 unspecified atom stereocenters. The highest BCUT2D eigenvalue weighted by atomic mass is 35.5. The largest absolute Gasteiger partial charge is 0.276 e. The molecule has 0 aromatic rings. The highest BCUT2D eigenvalue weighted by Crippen LogP contribution is 2.42. The van der Waals surface area contributed by atoms with Crippen molar-refractivity contribution < 1.29 is 4.29 Å². The first kappa shape index (κ1) is 25.3. The second-order valence-electron chi connectivity index (χ2n) is 9.80. The van der Waals surface area contributed by atoms with Crippen molar-refractivity contribution >= 4 is 11.9 Å². The van der Waals surface area contributed by atoms with Crippen LogP contribution in [-0.4, -0.2) is 6.10 Å². The average molecular weight is 401 g/mol. The van der Waals surface area contributed by atoms with Gasteiger partial charge in [-0.3, -0.25) is 4.29 Å². The molecular weight excluding hydrogens is 352 g/mol. The van der Waals surface area contributed by atoms with Crippen molar-refractivity contribution in [2.75, 3.05) is 0 Å². The smallest absolute Gasteiger partial charge is 0.0821 e. The third-order valence-electron chi connectivity index (χ3n) is 7.01. The molecular formula is C25H49ClO. The summed E-state index contributed by atoms with van der Waals surface area (Å²) in [5, 5.41) is 0. The summed E-state index contributed by atoms with van der Waals surface area (Å²) in [6.07, 6.45) is 22.3. The summed E-state index contributed by atoms with van der Waals surface area (Å²) in [6, 6.07) is 0. The van der Waals surface area contributed by atoms with Gasteiger partial charge in [-0.25, -0.2) is 0 Å². The summed E-state index contributed by atoms with van der Waals surface area (Å²) in [4.78, 5) is 0. The molecule has 0 N–H and O–H groups in total. The number of hydrogen-bond acceptors (Lipinski definition) is 1. The van der Waals surface area contributed by atoms with E-state index in [1.807, 2.05) is 0 Å². The summed E-state index contributed by atoms with van der Waals surface area (Å²) in [6.45, 7) is 9.45. The molecule has 0 aliphatic heterocycles. The van der Waals surface area contributed by atoms with Crippen LogP contribution in [0.4, 0.5) is 0 Å². The van der Waals surface area contributed by atoms with Crippen LogP contribution in [-0.2, 0) is 4.29 Å². The fourth-order valence-electron chi connectivity index (χ4n) is 5.21. The average Bonchev–Trinajstić information content (AvgIpc) is 2.65. The van der Waals surface area contributed by atoms with E-state index in [4.69, 9.17) is 16.2 Å². The SMILES string of the molecule is CCCCCCCCCCCCCCC(OCl)C1CC(C)CCC1C(C)C. The van der Waals surface area contributed by atoms with E-state index in [-0.39, 0.29) is 6.10 Å². The van der Waals surface area contributed by atoms with E-state index < -0.39 is 0 Å². The van der Waals surface area contributed by atoms with Crippen LogP contribution in [0.3, 0.4) is 0 Å². The Morgan fingerprint density at radius 2 is 1.30 bits per heavy atom. The van der Waals surface area contributed by atoms with E-state index in [1.54, 1.807) is 0 Å². The lowest BCUT2D eigenvalue weighted by Crippen LogP contribution is -2.36. The minimum Gasteiger partial charge on any atom is -0.276 e. The Labute approximate surface area is 176 Å². The van der Waals surface area contributed by atoms with Crippen molar-refractivity contribution in [1.82, 2.24) is 0 Å². The molecule has 1 saturated carbocycles. The molecule has 1 rings (SSSR count). The first-order chi connectivity index (χ1) is 13.1. The van der Waals surface area contributed by atoms with Crippen molar-refractivity contribution in [3.63, 3.8) is 0 Å². The molecule has 1 nitrogen and oxygen atoms in total. The highest BCUT2D eigenvalue weighted by molar-refractivity contribution is 6.07. The molecule has 4 atom stereocenters. The third kappa shape index (κ3) is 11.1. The number of unbranched alkanes of at least 4 members (excludes halogenated alkanes) is 11. The van der Waals surface area contributed by atoms with Crippen LogP contribution in [0.5, 0.6) is 0 Å². The van der Waals surface area contributed by atoms with E-state index in [0.29, 0.717) is 5.92 Å². The minimum atomic E-state index is 0.268. The summed E-state index contributed by atoms with van der Waals surface area (Å²) >= 11 is 5.96. The van der Waals surface area contributed by atoms with Gasteiger partial charge in [0.15, 0.2) is 0 Å². The zero-order valence-corrected chi connectivity index (χ0v) is 19.7. The molecule has 2 heteroatoms. The van der Waals surface area contributed by atoms with E-state index in [1.165, 1.54) is 96.3 Å². The predicted molar refractivity (Wildman–Crippen MR) is 121 cm³/mol. The normalized spacial score (nSPS) is 24.4. The van der Waals surface area contributed by atoms with Gasteiger partial charge in [0.05, 0.1) is 18.0 Å². The van der Waals surface area contributed by atoms with E-state index in [9.17, 15) is 0 Å². The number of hydrogen-bond donors (Lipinski definition) is 0. The zero-order chi connectivity index (χ0) is 19.9. The molecule has 1 fully saturated rings. The molecule has 0 bridgehead atoms. The van der Waals surface area contributed by atoms with Gasteiger partial charge in [0.1, 0.15) is 0 Å². The summed E-state index contributed by atoms with van der Waals surface area (Å²) in [5.41, 5.74) is 0. The third-order valence-corrected chi connectivity index (χ3v) is 7.24. The van der Waals surface area contributed by atoms with Crippen LogP contribution in [0.25, 0.3) is 0 Å². The van der Waals surface area contributed by atoms with Crippen molar-refractivity contribution in [2.45, 2.75) is 137 Å². The van der Waals surface area contributed by atoms with Crippen LogP contribution in [0.2, 0.25) is 0 Å². The Balaban J connectivity index is 2.09. The Bertz CT molecular complexity index is 330. The quantitative estimate of drug-likeness (QED) is 0.234. The maximum atomic E-state index is 5.96. The van der Waals surface area contributed by atoms with Crippen LogP contribution < -0.4 is 0 Å². The van der Waals surface area contributed by atoms with E-state index in [2.05, 4.69) is 27.7 Å². The maximum absolute atomic E-state index is 5.96. The van der Waals surface area contributed by atoms with Gasteiger partial charge < -0.3 is 0 Å². The molecule has 0 amide bonds. The van der Waals surface area contributed by atoms with Gasteiger partial charge in [0.2, 0.25) is 0 Å². The fourth-order valence-corrected chi connectivity index (χ4v) is 5.44. The fraction of sp³-hybridized carbons (Fsp3) is 1.00. The van der Waals surface area contributed by atoms with Crippen LogP contribution >= 0.6 is 11.9 Å². The molecule has 0 aromatic carbocycles. The monoisotopic (exact) mass is 400 g/mol. The minimum absolute atomic E-state index is 0.268. The first-order valence-corrected chi connectivity index (χ1v) is 12.7. The second kappa shape index (κ2) is 16.1. The van der Waals surface area contributed by atoms with Crippen LogP contribution in [0.1, 0.15) is 130 Å². The molecule has 1 aliphatic carbocycles. The molecule has 0 aromatic heterocycles. The molecule has 0 radical (unpaired) electrons. The van der Waals surface area contributed by atoms with Crippen LogP contribution in [0.15, 0.2) is 0 Å². The molecule has 0 saturated heterocycles. The lowest BCUT2D eigenvalue weighted by molar-refractivity contribution is 0.0304. The zero-order valence-electron chi connectivity index (χ0n) is 19.0. The summed E-state index contributed by atoms with van der Waals surface area (Å²) < 4.78 is 5.49. The second-order valence-corrected chi connectivity index (χ2v) is 9.97.